The Morgan fingerprint density at radius 1 is 1.44 bits per heavy atom. The van der Waals surface area contributed by atoms with E-state index in [2.05, 4.69) is 0 Å². The number of furan rings is 1. The zero-order chi connectivity index (χ0) is 13.1. The van der Waals surface area contributed by atoms with Gasteiger partial charge < -0.3 is 14.3 Å². The molecule has 18 heavy (non-hydrogen) atoms. The monoisotopic (exact) mass is 250 g/mol. The minimum Gasteiger partial charge on any atom is -0.494 e. The second-order valence-electron chi connectivity index (χ2n) is 4.14. The van der Waals surface area contributed by atoms with Crippen LogP contribution < -0.4 is 4.74 Å². The van der Waals surface area contributed by atoms with Gasteiger partial charge in [0.05, 0.1) is 19.5 Å². The Bertz CT molecular complexity index is 534. The Morgan fingerprint density at radius 3 is 2.83 bits per heavy atom. The Kier molecular flexibility index (Phi) is 3.67. The molecule has 1 atom stereocenters. The molecule has 4 heteroatoms. The van der Waals surface area contributed by atoms with Gasteiger partial charge in [0.1, 0.15) is 5.76 Å². The average molecular weight is 250 g/mol. The smallest absolute Gasteiger partial charge is 0.168 e. The Balaban J connectivity index is 2.19. The number of benzene rings is 1. The Hall–Kier alpha value is -1.81. The zero-order valence-electron chi connectivity index (χ0n) is 10.3. The lowest BCUT2D eigenvalue weighted by molar-refractivity contribution is 0.176. The zero-order valence-corrected chi connectivity index (χ0v) is 10.3. The van der Waals surface area contributed by atoms with Crippen LogP contribution in [0.1, 0.15) is 23.0 Å². The van der Waals surface area contributed by atoms with E-state index in [9.17, 15) is 9.50 Å². The first-order valence-corrected chi connectivity index (χ1v) is 5.66. The van der Waals surface area contributed by atoms with Crippen molar-refractivity contribution in [1.29, 1.82) is 0 Å². The maximum absolute atomic E-state index is 13.9. The molecule has 0 bridgehead atoms. The predicted molar refractivity (Wildman–Crippen MR) is 65.1 cm³/mol. The van der Waals surface area contributed by atoms with Gasteiger partial charge in [-0.05, 0) is 24.6 Å². The maximum atomic E-state index is 13.9. The number of ether oxygens (including phenoxy) is 1. The number of rotatable bonds is 4. The molecular formula is C14H15FO3. The third kappa shape index (κ3) is 2.54. The lowest BCUT2D eigenvalue weighted by Crippen LogP contribution is -2.03. The summed E-state index contributed by atoms with van der Waals surface area (Å²) < 4.78 is 23.9. The largest absolute Gasteiger partial charge is 0.494 e. The van der Waals surface area contributed by atoms with Crippen molar-refractivity contribution in [2.24, 2.45) is 0 Å². The number of aliphatic hydroxyl groups excluding tert-OH is 1. The molecule has 0 spiro atoms. The van der Waals surface area contributed by atoms with Crippen LogP contribution in [-0.2, 0) is 6.42 Å². The molecule has 96 valence electrons. The van der Waals surface area contributed by atoms with Crippen LogP contribution in [0.15, 0.2) is 34.9 Å². The summed E-state index contributed by atoms with van der Waals surface area (Å²) in [5.41, 5.74) is 1.07. The Morgan fingerprint density at radius 2 is 2.22 bits per heavy atom. The standard InChI is InChI=1S/C14H15FO3/c1-9-6-11(8-18-9)12(16)7-10-4-3-5-13(17-2)14(10)15/h3-6,8,12,16H,7H2,1-2H3. The van der Waals surface area contributed by atoms with Crippen molar-refractivity contribution in [2.45, 2.75) is 19.4 Å². The third-order valence-electron chi connectivity index (χ3n) is 2.81. The van der Waals surface area contributed by atoms with Crippen LogP contribution >= 0.6 is 0 Å². The highest BCUT2D eigenvalue weighted by Crippen LogP contribution is 2.25. The first-order chi connectivity index (χ1) is 8.61. The van der Waals surface area contributed by atoms with Gasteiger partial charge in [-0.1, -0.05) is 12.1 Å². The van der Waals surface area contributed by atoms with Gasteiger partial charge in [0.15, 0.2) is 11.6 Å². The summed E-state index contributed by atoms with van der Waals surface area (Å²) in [4.78, 5) is 0. The number of methoxy groups -OCH3 is 1. The van der Waals surface area contributed by atoms with Crippen molar-refractivity contribution in [1.82, 2.24) is 0 Å². The maximum Gasteiger partial charge on any atom is 0.168 e. The molecule has 2 aromatic rings. The van der Waals surface area contributed by atoms with Crippen LogP contribution in [-0.4, -0.2) is 12.2 Å². The summed E-state index contributed by atoms with van der Waals surface area (Å²) in [5.74, 6) is 0.470. The molecule has 0 amide bonds. The number of halogens is 1. The van der Waals surface area contributed by atoms with E-state index in [4.69, 9.17) is 9.15 Å². The van der Waals surface area contributed by atoms with Gasteiger partial charge in [-0.2, -0.15) is 0 Å². The highest BCUT2D eigenvalue weighted by atomic mass is 19.1. The molecule has 1 unspecified atom stereocenters. The van der Waals surface area contributed by atoms with E-state index in [1.807, 2.05) is 0 Å². The van der Waals surface area contributed by atoms with E-state index in [-0.39, 0.29) is 12.2 Å². The summed E-state index contributed by atoms with van der Waals surface area (Å²) in [6.45, 7) is 1.79. The lowest BCUT2D eigenvalue weighted by atomic mass is 10.0. The molecule has 0 aliphatic carbocycles. The molecule has 1 N–H and O–H groups in total. The van der Waals surface area contributed by atoms with E-state index in [1.54, 1.807) is 31.2 Å². The highest BCUT2D eigenvalue weighted by molar-refractivity contribution is 5.32. The molecule has 0 fully saturated rings. The Labute approximate surface area is 105 Å². The van der Waals surface area contributed by atoms with Crippen LogP contribution in [0.2, 0.25) is 0 Å². The highest BCUT2D eigenvalue weighted by Gasteiger charge is 2.15. The molecule has 0 radical (unpaired) electrons. The fourth-order valence-electron chi connectivity index (χ4n) is 1.84. The average Bonchev–Trinajstić information content (AvgIpc) is 2.78. The fourth-order valence-corrected chi connectivity index (χ4v) is 1.84. The number of hydrogen-bond acceptors (Lipinski definition) is 3. The molecular weight excluding hydrogens is 235 g/mol. The van der Waals surface area contributed by atoms with Crippen molar-refractivity contribution >= 4 is 0 Å². The minimum absolute atomic E-state index is 0.183. The summed E-state index contributed by atoms with van der Waals surface area (Å²) in [7, 11) is 1.41. The summed E-state index contributed by atoms with van der Waals surface area (Å²) in [5, 5.41) is 10.0. The summed E-state index contributed by atoms with van der Waals surface area (Å²) in [6, 6.07) is 6.62. The third-order valence-corrected chi connectivity index (χ3v) is 2.81. The number of aryl methyl sites for hydroxylation is 1. The number of hydrogen-bond donors (Lipinski definition) is 1. The van der Waals surface area contributed by atoms with Gasteiger partial charge in [0.2, 0.25) is 0 Å². The molecule has 1 heterocycles. The topological polar surface area (TPSA) is 42.6 Å². The SMILES string of the molecule is COc1cccc(CC(O)c2coc(C)c2)c1F. The molecule has 1 aromatic carbocycles. The first-order valence-electron chi connectivity index (χ1n) is 5.66. The second-order valence-corrected chi connectivity index (χ2v) is 4.14. The lowest BCUT2D eigenvalue weighted by Gasteiger charge is -2.11. The van der Waals surface area contributed by atoms with E-state index in [0.717, 1.165) is 5.76 Å². The van der Waals surface area contributed by atoms with Crippen LogP contribution in [0, 0.1) is 12.7 Å². The van der Waals surface area contributed by atoms with Crippen molar-refractivity contribution in [3.8, 4) is 5.75 Å². The van der Waals surface area contributed by atoms with E-state index < -0.39 is 11.9 Å². The van der Waals surface area contributed by atoms with Crippen molar-refractivity contribution in [2.75, 3.05) is 7.11 Å². The van der Waals surface area contributed by atoms with Crippen LogP contribution in [0.5, 0.6) is 5.75 Å². The van der Waals surface area contributed by atoms with Gasteiger partial charge >= 0.3 is 0 Å². The molecule has 2 rings (SSSR count). The van der Waals surface area contributed by atoms with Gasteiger partial charge in [0, 0.05) is 12.0 Å². The van der Waals surface area contributed by atoms with Gasteiger partial charge in [0.25, 0.3) is 0 Å². The quantitative estimate of drug-likeness (QED) is 0.907. The predicted octanol–water partition coefficient (Wildman–Crippen LogP) is 3.01. The van der Waals surface area contributed by atoms with Crippen LogP contribution in [0.4, 0.5) is 4.39 Å². The minimum atomic E-state index is -0.788. The second kappa shape index (κ2) is 5.23. The van der Waals surface area contributed by atoms with Crippen molar-refractivity contribution in [3.05, 3.63) is 53.2 Å². The molecule has 3 nitrogen and oxygen atoms in total. The molecule has 1 aromatic heterocycles. The van der Waals surface area contributed by atoms with Crippen LogP contribution in [0.3, 0.4) is 0 Å². The van der Waals surface area contributed by atoms with Gasteiger partial charge in [-0.3, -0.25) is 0 Å². The first kappa shape index (κ1) is 12.6. The molecule has 0 saturated carbocycles. The normalized spacial score (nSPS) is 12.4. The van der Waals surface area contributed by atoms with Gasteiger partial charge in [-0.15, -0.1) is 0 Å². The molecule has 0 aliphatic heterocycles. The summed E-state index contributed by atoms with van der Waals surface area (Å²) >= 11 is 0. The van der Waals surface area contributed by atoms with Crippen LogP contribution in [0.25, 0.3) is 0 Å². The van der Waals surface area contributed by atoms with Crippen molar-refractivity contribution in [3.63, 3.8) is 0 Å². The van der Waals surface area contributed by atoms with E-state index >= 15 is 0 Å². The molecule has 0 aliphatic rings. The van der Waals surface area contributed by atoms with Crippen molar-refractivity contribution < 1.29 is 18.7 Å². The van der Waals surface area contributed by atoms with Gasteiger partial charge in [-0.25, -0.2) is 4.39 Å². The van der Waals surface area contributed by atoms with E-state index in [0.29, 0.717) is 11.1 Å². The molecule has 0 saturated heterocycles. The number of aliphatic hydroxyl groups is 1. The summed E-state index contributed by atoms with van der Waals surface area (Å²) in [6.07, 6.45) is 0.879. The van der Waals surface area contributed by atoms with E-state index in [1.165, 1.54) is 13.4 Å². The fraction of sp³-hybridized carbons (Fsp3) is 0.286.